The fourth-order valence-electron chi connectivity index (χ4n) is 10.8. The second kappa shape index (κ2) is 29.2. The van der Waals surface area contributed by atoms with Crippen molar-refractivity contribution in [2.24, 2.45) is 0 Å². The van der Waals surface area contributed by atoms with E-state index in [4.69, 9.17) is 67.7 Å². The molecule has 86 heavy (non-hydrogen) atoms. The molecule has 0 amide bonds. The summed E-state index contributed by atoms with van der Waals surface area (Å²) in [6.45, 7) is 9.09. The van der Waals surface area contributed by atoms with Gasteiger partial charge in [-0.15, -0.1) is 6.42 Å². The van der Waals surface area contributed by atoms with Crippen LogP contribution in [0.5, 0.6) is 0 Å². The number of carbonyl (C=O) groups is 6. The number of hydrogen-bond donors (Lipinski definition) is 2. The van der Waals surface area contributed by atoms with E-state index in [9.17, 15) is 39.0 Å². The van der Waals surface area contributed by atoms with Crippen LogP contribution >= 0.6 is 0 Å². The first-order valence-corrected chi connectivity index (χ1v) is 29.8. The SMILES string of the molecule is C#CCO[C@@H]1O[C@H](CO[Si](c2ccccc2)(c2ccccc2)C(C)(C)C)[C@@H](O[C@@H]2O[C@H](CO)[C@@H](O)[C@H](OC(=O)c3ccccc3)[C@H]2OC(=O)c2ccccc2)[C@H](OC(=O)c2ccccc2)[C@H]1O[C@@H]1O[C@@H](C)[C@H](OC(C)=O)[C@@H](OC(C)=O)[C@H]1OC(C)=O. The summed E-state index contributed by atoms with van der Waals surface area (Å²) in [5.74, 6) is -3.07. The second-order valence-corrected chi connectivity index (χ2v) is 25.9. The summed E-state index contributed by atoms with van der Waals surface area (Å²) in [7, 11) is -3.57. The van der Waals surface area contributed by atoms with E-state index in [-0.39, 0.29) is 16.7 Å². The van der Waals surface area contributed by atoms with E-state index in [1.54, 1.807) is 54.6 Å². The summed E-state index contributed by atoms with van der Waals surface area (Å²) in [4.78, 5) is 81.9. The molecule has 5 aromatic carbocycles. The standard InChI is InChI=1S/C64H70O21Si/c1-9-35-73-61-56(85-62-57(78-41(5)68)53(77-40(4)67)50(38(2)75-62)76-39(3)66)54(82-59(71)43-27-17-11-18-28-43)51(48(80-61)37-74-86(64(6,7)8,45-31-21-13-22-32-45)46-33-23-14-24-34-46)84-63-55(83-60(72)44-29-19-12-20-30-44)52(49(69)47(36-65)79-63)81-58(70)42-25-15-10-16-26-42/h1,10-34,38,47-57,61-63,65,69H,35-37H2,2-8H3/t38-,47+,48+,49+,50-,51+,52-,53+,54-,55+,56+,57+,61+,62-,63-/m0/s1. The Balaban J connectivity index is 1.34. The van der Waals surface area contributed by atoms with Gasteiger partial charge in [0, 0.05) is 20.8 Å². The van der Waals surface area contributed by atoms with E-state index in [0.29, 0.717) is 0 Å². The molecule has 0 bridgehead atoms. The maximum Gasteiger partial charge on any atom is 0.338 e. The van der Waals surface area contributed by atoms with Crippen LogP contribution in [0.3, 0.4) is 0 Å². The Bertz CT molecular complexity index is 3070. The Labute approximate surface area is 499 Å². The largest absolute Gasteiger partial charge is 0.456 e. The van der Waals surface area contributed by atoms with E-state index < -0.39 is 161 Å². The summed E-state index contributed by atoms with van der Waals surface area (Å²) in [5.41, 5.74) is 0.0995. The van der Waals surface area contributed by atoms with Crippen molar-refractivity contribution in [3.8, 4) is 12.3 Å². The lowest BCUT2D eigenvalue weighted by Crippen LogP contribution is -2.70. The fourth-order valence-corrected chi connectivity index (χ4v) is 15.4. The number of hydrogen-bond acceptors (Lipinski definition) is 21. The molecule has 0 aliphatic carbocycles. The van der Waals surface area contributed by atoms with Crippen molar-refractivity contribution in [1.29, 1.82) is 0 Å². The zero-order valence-corrected chi connectivity index (χ0v) is 49.4. The summed E-state index contributed by atoms with van der Waals surface area (Å²) < 4.78 is 83.5. The van der Waals surface area contributed by atoms with Crippen LogP contribution in [0.2, 0.25) is 5.04 Å². The summed E-state index contributed by atoms with van der Waals surface area (Å²) in [6, 6.07) is 42.5. The molecular weight excluding hydrogens is 1130 g/mol. The topological polar surface area (TPSA) is 263 Å². The van der Waals surface area contributed by atoms with Crippen LogP contribution in [0.4, 0.5) is 0 Å². The maximum atomic E-state index is 14.9. The molecule has 3 aliphatic rings. The van der Waals surface area contributed by atoms with Gasteiger partial charge >= 0.3 is 35.8 Å². The van der Waals surface area contributed by atoms with E-state index in [2.05, 4.69) is 5.92 Å². The molecule has 0 saturated carbocycles. The third-order valence-corrected chi connectivity index (χ3v) is 19.6. The van der Waals surface area contributed by atoms with Crippen LogP contribution in [-0.4, -0.2) is 166 Å². The number of benzene rings is 5. The molecule has 3 fully saturated rings. The molecule has 5 aromatic rings. The molecule has 21 nitrogen and oxygen atoms in total. The van der Waals surface area contributed by atoms with E-state index in [0.717, 1.165) is 31.1 Å². The average Bonchev–Trinajstić information content (AvgIpc) is 0.975. The monoisotopic (exact) mass is 1200 g/mol. The number of aliphatic hydroxyl groups excluding tert-OH is 2. The summed E-state index contributed by atoms with van der Waals surface area (Å²) >= 11 is 0. The highest BCUT2D eigenvalue weighted by Gasteiger charge is 2.60. The van der Waals surface area contributed by atoms with Crippen molar-refractivity contribution in [1.82, 2.24) is 0 Å². The molecule has 2 N–H and O–H groups in total. The van der Waals surface area contributed by atoms with E-state index in [1.807, 2.05) is 81.4 Å². The second-order valence-electron chi connectivity index (χ2n) is 21.6. The minimum absolute atomic E-state index is 0.0251. The predicted molar refractivity (Wildman–Crippen MR) is 306 cm³/mol. The van der Waals surface area contributed by atoms with E-state index in [1.165, 1.54) is 43.3 Å². The van der Waals surface area contributed by atoms with Crippen LogP contribution < -0.4 is 10.4 Å². The predicted octanol–water partition coefficient (Wildman–Crippen LogP) is 5.00. The smallest absolute Gasteiger partial charge is 0.338 e. The summed E-state index contributed by atoms with van der Waals surface area (Å²) in [6.07, 6.45) is -19.7. The molecule has 3 aliphatic heterocycles. The van der Waals surface area contributed by atoms with Gasteiger partial charge in [0.05, 0.1) is 36.0 Å². The van der Waals surface area contributed by atoms with Gasteiger partial charge in [-0.3, -0.25) is 14.4 Å². The molecule has 456 valence electrons. The van der Waals surface area contributed by atoms with Crippen molar-refractivity contribution in [3.05, 3.63) is 168 Å². The zero-order chi connectivity index (χ0) is 61.7. The Morgan fingerprint density at radius 3 is 1.34 bits per heavy atom. The number of ether oxygens (including phenoxy) is 12. The highest BCUT2D eigenvalue weighted by atomic mass is 28.4. The van der Waals surface area contributed by atoms with Crippen LogP contribution in [-0.2, 0) is 75.7 Å². The first kappa shape index (κ1) is 64.3. The molecule has 3 heterocycles. The van der Waals surface area contributed by atoms with Crippen LogP contribution in [0, 0.1) is 12.3 Å². The molecule has 15 atom stereocenters. The molecule has 0 radical (unpaired) electrons. The molecule has 22 heteroatoms. The average molecular weight is 1200 g/mol. The van der Waals surface area contributed by atoms with Crippen LogP contribution in [0.25, 0.3) is 0 Å². The van der Waals surface area contributed by atoms with Gasteiger partial charge in [0.2, 0.25) is 0 Å². The van der Waals surface area contributed by atoms with Crippen molar-refractivity contribution >= 4 is 54.5 Å². The molecule has 8 rings (SSSR count). The lowest BCUT2D eigenvalue weighted by atomic mass is 9.95. The Morgan fingerprint density at radius 2 is 0.884 bits per heavy atom. The van der Waals surface area contributed by atoms with Crippen molar-refractivity contribution in [2.75, 3.05) is 19.8 Å². The molecule has 3 saturated heterocycles. The fraction of sp³-hybridized carbons (Fsp3) is 0.406. The van der Waals surface area contributed by atoms with Gasteiger partial charge in [0.15, 0.2) is 61.6 Å². The first-order valence-electron chi connectivity index (χ1n) is 27.9. The lowest BCUT2D eigenvalue weighted by molar-refractivity contribution is -0.383. The van der Waals surface area contributed by atoms with Crippen molar-refractivity contribution in [2.45, 2.75) is 146 Å². The Kier molecular flexibility index (Phi) is 21.8. The summed E-state index contributed by atoms with van der Waals surface area (Å²) in [5, 5.41) is 24.0. The number of carbonyl (C=O) groups excluding carboxylic acids is 6. The molecule has 0 aromatic heterocycles. The van der Waals surface area contributed by atoms with Crippen LogP contribution in [0.1, 0.15) is 79.5 Å². The Hall–Kier alpha value is -7.66. The van der Waals surface area contributed by atoms with Crippen molar-refractivity contribution in [3.63, 3.8) is 0 Å². The molecule has 0 unspecified atom stereocenters. The minimum Gasteiger partial charge on any atom is -0.456 e. The molecular formula is C64H70O21Si. The van der Waals surface area contributed by atoms with E-state index >= 15 is 0 Å². The number of aliphatic hydroxyl groups is 2. The minimum atomic E-state index is -3.57. The molecule has 0 spiro atoms. The maximum absolute atomic E-state index is 14.9. The highest BCUT2D eigenvalue weighted by molar-refractivity contribution is 6.99. The normalized spacial score (nSPS) is 27.5. The Morgan fingerprint density at radius 1 is 0.500 bits per heavy atom. The third-order valence-electron chi connectivity index (χ3n) is 14.6. The highest BCUT2D eigenvalue weighted by Crippen LogP contribution is 2.41. The lowest BCUT2D eigenvalue weighted by Gasteiger charge is -2.51. The van der Waals surface area contributed by atoms with Crippen molar-refractivity contribution < 1.29 is 100 Å². The number of esters is 6. The zero-order valence-electron chi connectivity index (χ0n) is 48.4. The number of rotatable bonds is 21. The van der Waals surface area contributed by atoms with Gasteiger partial charge in [-0.1, -0.05) is 142 Å². The van der Waals surface area contributed by atoms with Gasteiger partial charge < -0.3 is 71.5 Å². The van der Waals surface area contributed by atoms with Gasteiger partial charge in [-0.2, -0.15) is 0 Å². The third kappa shape index (κ3) is 15.1. The van der Waals surface area contributed by atoms with Gasteiger partial charge in [0.1, 0.15) is 31.0 Å². The van der Waals surface area contributed by atoms with Crippen LogP contribution in [0.15, 0.2) is 152 Å². The van der Waals surface area contributed by atoms with Gasteiger partial charge in [0.25, 0.3) is 8.32 Å². The van der Waals surface area contributed by atoms with Gasteiger partial charge in [-0.05, 0) is 58.7 Å². The first-order chi connectivity index (χ1) is 41.2. The quantitative estimate of drug-likeness (QED) is 0.0424. The van der Waals surface area contributed by atoms with Gasteiger partial charge in [-0.25, -0.2) is 14.4 Å². The number of terminal acetylenes is 1.